The molecular formula is C15H12F2N2. The first-order chi connectivity index (χ1) is 9.15. The fraction of sp³-hybridized carbons (Fsp3) is 0.0667. The lowest BCUT2D eigenvalue weighted by molar-refractivity contribution is 0.506. The maximum absolute atomic E-state index is 13.2. The van der Waals surface area contributed by atoms with Gasteiger partial charge in [0.05, 0.1) is 5.52 Å². The topological polar surface area (TPSA) is 30.9 Å². The first-order valence-electron chi connectivity index (χ1n) is 5.92. The molecule has 1 aromatic heterocycles. The monoisotopic (exact) mass is 258 g/mol. The molecule has 0 saturated heterocycles. The molecule has 0 spiro atoms. The first kappa shape index (κ1) is 11.7. The summed E-state index contributed by atoms with van der Waals surface area (Å²) in [6.45, 7) is 0.476. The van der Waals surface area contributed by atoms with E-state index < -0.39 is 11.6 Å². The van der Waals surface area contributed by atoms with Gasteiger partial charge in [0.25, 0.3) is 0 Å². The smallest absolute Gasteiger partial charge is 0.159 e. The van der Waals surface area contributed by atoms with Crippen LogP contribution in [-0.2, 0) is 6.54 Å². The number of hydrogen-bond acceptors (Lipinski definition) is 1. The third-order valence-corrected chi connectivity index (χ3v) is 3.18. The molecule has 0 amide bonds. The molecule has 4 heteroatoms. The summed E-state index contributed by atoms with van der Waals surface area (Å²) >= 11 is 0. The Morgan fingerprint density at radius 1 is 1.00 bits per heavy atom. The van der Waals surface area contributed by atoms with Gasteiger partial charge in [0, 0.05) is 23.8 Å². The van der Waals surface area contributed by atoms with Gasteiger partial charge < -0.3 is 10.3 Å². The second-order valence-corrected chi connectivity index (χ2v) is 4.47. The van der Waals surface area contributed by atoms with Crippen LogP contribution in [0.4, 0.5) is 14.5 Å². The zero-order valence-electron chi connectivity index (χ0n) is 10.1. The standard InChI is InChI=1S/C15H12F2N2/c16-12-5-4-10(8-13(12)17)9-19-7-6-11-14(18)2-1-3-15(11)19/h1-8H,9,18H2. The number of aromatic nitrogens is 1. The lowest BCUT2D eigenvalue weighted by atomic mass is 10.2. The highest BCUT2D eigenvalue weighted by Gasteiger charge is 2.06. The molecule has 2 aromatic carbocycles. The number of nitrogens with zero attached hydrogens (tertiary/aromatic N) is 1. The molecule has 3 aromatic rings. The number of benzene rings is 2. The molecular weight excluding hydrogens is 246 g/mol. The molecule has 19 heavy (non-hydrogen) atoms. The van der Waals surface area contributed by atoms with E-state index in [1.54, 1.807) is 6.07 Å². The van der Waals surface area contributed by atoms with Crippen molar-refractivity contribution in [2.24, 2.45) is 0 Å². The minimum atomic E-state index is -0.828. The minimum absolute atomic E-state index is 0.476. The Kier molecular flexibility index (Phi) is 2.71. The molecule has 0 bridgehead atoms. The zero-order valence-corrected chi connectivity index (χ0v) is 10.1. The molecule has 0 atom stereocenters. The molecule has 1 heterocycles. The molecule has 0 aliphatic carbocycles. The minimum Gasteiger partial charge on any atom is -0.398 e. The van der Waals surface area contributed by atoms with E-state index in [1.807, 2.05) is 35.0 Å². The SMILES string of the molecule is Nc1cccc2c1ccn2Cc1ccc(F)c(F)c1. The van der Waals surface area contributed by atoms with Gasteiger partial charge in [-0.05, 0) is 35.9 Å². The third kappa shape index (κ3) is 2.05. The summed E-state index contributed by atoms with van der Waals surface area (Å²) < 4.78 is 28.0. The summed E-state index contributed by atoms with van der Waals surface area (Å²) in [5, 5.41) is 0.963. The van der Waals surface area contributed by atoms with Crippen LogP contribution in [0.2, 0.25) is 0 Å². The van der Waals surface area contributed by atoms with Crippen LogP contribution in [0.3, 0.4) is 0 Å². The van der Waals surface area contributed by atoms with Crippen LogP contribution in [0.25, 0.3) is 10.9 Å². The Labute approximate surface area is 109 Å². The molecule has 0 fully saturated rings. The fourth-order valence-corrected chi connectivity index (χ4v) is 2.22. The normalized spacial score (nSPS) is 11.1. The zero-order chi connectivity index (χ0) is 13.4. The quantitative estimate of drug-likeness (QED) is 0.700. The highest BCUT2D eigenvalue weighted by Crippen LogP contribution is 2.23. The number of halogens is 2. The molecule has 2 nitrogen and oxygen atoms in total. The summed E-state index contributed by atoms with van der Waals surface area (Å²) in [6, 6.07) is 11.5. The predicted molar refractivity (Wildman–Crippen MR) is 71.8 cm³/mol. The second kappa shape index (κ2) is 4.39. The third-order valence-electron chi connectivity index (χ3n) is 3.18. The molecule has 0 unspecified atom stereocenters. The Hall–Kier alpha value is -2.36. The van der Waals surface area contributed by atoms with Crippen molar-refractivity contribution in [3.63, 3.8) is 0 Å². The highest BCUT2D eigenvalue weighted by atomic mass is 19.2. The van der Waals surface area contributed by atoms with E-state index in [4.69, 9.17) is 5.73 Å². The maximum Gasteiger partial charge on any atom is 0.159 e. The van der Waals surface area contributed by atoms with Gasteiger partial charge in [0.2, 0.25) is 0 Å². The van der Waals surface area contributed by atoms with Crippen molar-refractivity contribution in [3.05, 3.63) is 65.9 Å². The number of nitrogens with two attached hydrogens (primary N) is 1. The van der Waals surface area contributed by atoms with Gasteiger partial charge in [-0.3, -0.25) is 0 Å². The van der Waals surface area contributed by atoms with Gasteiger partial charge >= 0.3 is 0 Å². The van der Waals surface area contributed by atoms with Crippen molar-refractivity contribution in [1.29, 1.82) is 0 Å². The van der Waals surface area contributed by atoms with Crippen LogP contribution in [0.15, 0.2) is 48.7 Å². The van der Waals surface area contributed by atoms with Gasteiger partial charge in [-0.1, -0.05) is 12.1 Å². The van der Waals surface area contributed by atoms with Crippen LogP contribution < -0.4 is 5.73 Å². The predicted octanol–water partition coefficient (Wildman–Crippen LogP) is 3.55. The average Bonchev–Trinajstić information content (AvgIpc) is 2.79. The van der Waals surface area contributed by atoms with E-state index in [2.05, 4.69) is 0 Å². The van der Waals surface area contributed by atoms with Gasteiger partial charge in [0.1, 0.15) is 0 Å². The number of anilines is 1. The molecule has 2 N–H and O–H groups in total. The van der Waals surface area contributed by atoms with Gasteiger partial charge in [-0.15, -0.1) is 0 Å². The van der Waals surface area contributed by atoms with Crippen molar-refractivity contribution < 1.29 is 8.78 Å². The van der Waals surface area contributed by atoms with E-state index in [1.165, 1.54) is 6.07 Å². The number of rotatable bonds is 2. The van der Waals surface area contributed by atoms with Crippen LogP contribution in [0.1, 0.15) is 5.56 Å². The molecule has 96 valence electrons. The van der Waals surface area contributed by atoms with Crippen molar-refractivity contribution >= 4 is 16.6 Å². The Bertz CT molecular complexity index is 747. The molecule has 3 rings (SSSR count). The van der Waals surface area contributed by atoms with E-state index in [9.17, 15) is 8.78 Å². The Balaban J connectivity index is 2.01. The van der Waals surface area contributed by atoms with E-state index >= 15 is 0 Å². The summed E-state index contributed by atoms with van der Waals surface area (Å²) in [5.41, 5.74) is 8.28. The summed E-state index contributed by atoms with van der Waals surface area (Å²) in [7, 11) is 0. The maximum atomic E-state index is 13.2. The summed E-state index contributed by atoms with van der Waals surface area (Å²) in [4.78, 5) is 0. The van der Waals surface area contributed by atoms with Gasteiger partial charge in [-0.2, -0.15) is 0 Å². The number of fused-ring (bicyclic) bond motifs is 1. The molecule has 0 aliphatic rings. The fourth-order valence-electron chi connectivity index (χ4n) is 2.22. The van der Waals surface area contributed by atoms with Gasteiger partial charge in [0.15, 0.2) is 11.6 Å². The number of nitrogen functional groups attached to an aromatic ring is 1. The van der Waals surface area contributed by atoms with E-state index in [-0.39, 0.29) is 0 Å². The molecule has 0 aliphatic heterocycles. The largest absolute Gasteiger partial charge is 0.398 e. The lowest BCUT2D eigenvalue weighted by Gasteiger charge is -2.06. The van der Waals surface area contributed by atoms with Crippen molar-refractivity contribution in [2.45, 2.75) is 6.54 Å². The van der Waals surface area contributed by atoms with Gasteiger partial charge in [-0.25, -0.2) is 8.78 Å². The van der Waals surface area contributed by atoms with Crippen molar-refractivity contribution in [1.82, 2.24) is 4.57 Å². The average molecular weight is 258 g/mol. The summed E-state index contributed by atoms with van der Waals surface area (Å²) in [5.74, 6) is -1.65. The van der Waals surface area contributed by atoms with Crippen LogP contribution in [-0.4, -0.2) is 4.57 Å². The van der Waals surface area contributed by atoms with Crippen molar-refractivity contribution in [3.8, 4) is 0 Å². The second-order valence-electron chi connectivity index (χ2n) is 4.47. The Morgan fingerprint density at radius 2 is 1.84 bits per heavy atom. The van der Waals surface area contributed by atoms with E-state index in [0.717, 1.165) is 17.0 Å². The number of hydrogen-bond donors (Lipinski definition) is 1. The molecule has 0 saturated carbocycles. The van der Waals surface area contributed by atoms with Crippen LogP contribution in [0.5, 0.6) is 0 Å². The highest BCUT2D eigenvalue weighted by molar-refractivity contribution is 5.91. The van der Waals surface area contributed by atoms with Crippen molar-refractivity contribution in [2.75, 3.05) is 5.73 Å². The first-order valence-corrected chi connectivity index (χ1v) is 5.92. The Morgan fingerprint density at radius 3 is 2.63 bits per heavy atom. The summed E-state index contributed by atoms with van der Waals surface area (Å²) in [6.07, 6.45) is 1.89. The van der Waals surface area contributed by atoms with Crippen LogP contribution >= 0.6 is 0 Å². The molecule has 0 radical (unpaired) electrons. The van der Waals surface area contributed by atoms with E-state index in [0.29, 0.717) is 17.8 Å². The van der Waals surface area contributed by atoms with Crippen LogP contribution in [0, 0.1) is 11.6 Å². The lowest BCUT2D eigenvalue weighted by Crippen LogP contribution is -1.99.